The molecule has 0 aromatic carbocycles. The first kappa shape index (κ1) is 16.3. The molecule has 0 aliphatic rings. The fraction of sp³-hybridized carbons (Fsp3) is 0.500. The second kappa shape index (κ2) is 7.15. The van der Waals surface area contributed by atoms with Crippen LogP contribution in [0.5, 0.6) is 0 Å². The Kier molecular flexibility index (Phi) is 6.14. The molecule has 19 heavy (non-hydrogen) atoms. The highest BCUT2D eigenvalue weighted by Crippen LogP contribution is 2.25. The number of anilines is 1. The first-order valence-corrected chi connectivity index (χ1v) is 7.75. The molecule has 0 spiro atoms. The highest BCUT2D eigenvalue weighted by molar-refractivity contribution is 9.10. The van der Waals surface area contributed by atoms with E-state index in [1.54, 1.807) is 7.05 Å². The number of hydrogen-bond acceptors (Lipinski definition) is 6. The van der Waals surface area contributed by atoms with Gasteiger partial charge in [-0.2, -0.15) is 4.31 Å². The fourth-order valence-corrected chi connectivity index (χ4v) is 3.60. The molecule has 0 unspecified atom stereocenters. The van der Waals surface area contributed by atoms with Crippen LogP contribution in [-0.2, 0) is 10.0 Å². The quantitative estimate of drug-likeness (QED) is 0.630. The number of nitrogens with zero attached hydrogens (tertiary/aromatic N) is 2. The average Bonchev–Trinajstić information content (AvgIpc) is 2.38. The normalized spacial score (nSPS) is 11.8. The summed E-state index contributed by atoms with van der Waals surface area (Å²) in [5.74, 6) is 0.212. The van der Waals surface area contributed by atoms with Gasteiger partial charge in [-0.1, -0.05) is 0 Å². The molecule has 3 N–H and O–H groups in total. The Morgan fingerprint density at radius 2 is 1.95 bits per heavy atom. The van der Waals surface area contributed by atoms with Crippen molar-refractivity contribution in [3.63, 3.8) is 0 Å². The Bertz CT molecular complexity index is 518. The highest BCUT2D eigenvalue weighted by atomic mass is 79.9. The summed E-state index contributed by atoms with van der Waals surface area (Å²) in [6.45, 7) is -0.817. The molecule has 7 nitrogen and oxygen atoms in total. The number of hydrogen-bond donors (Lipinski definition) is 3. The molecule has 108 valence electrons. The van der Waals surface area contributed by atoms with Gasteiger partial charge in [0.25, 0.3) is 0 Å². The van der Waals surface area contributed by atoms with Gasteiger partial charge in [0.15, 0.2) is 0 Å². The number of aromatic nitrogens is 1. The van der Waals surface area contributed by atoms with Gasteiger partial charge in [-0.05, 0) is 22.0 Å². The zero-order chi connectivity index (χ0) is 14.5. The molecule has 0 aliphatic carbocycles. The molecule has 0 radical (unpaired) electrons. The number of nitrogens with one attached hydrogen (secondary N) is 1. The second-order valence-corrected chi connectivity index (χ2v) is 6.42. The zero-order valence-corrected chi connectivity index (χ0v) is 12.8. The third kappa shape index (κ3) is 3.86. The van der Waals surface area contributed by atoms with Crippen molar-refractivity contribution in [3.8, 4) is 0 Å². The molecule has 0 fully saturated rings. The van der Waals surface area contributed by atoms with Gasteiger partial charge in [0.1, 0.15) is 10.7 Å². The standard InChI is InChI=1S/C10H16BrN3O4S/c1-12-10-9(6-8(11)7-13-10)19(17,18)14(2-4-15)3-5-16/h6-7,15-16H,2-5H2,1H3,(H,12,13). The van der Waals surface area contributed by atoms with E-state index in [4.69, 9.17) is 10.2 Å². The van der Waals surface area contributed by atoms with Crippen molar-refractivity contribution >= 4 is 31.8 Å². The maximum atomic E-state index is 12.4. The fourth-order valence-electron chi connectivity index (χ4n) is 1.52. The molecule has 0 saturated carbocycles. The van der Waals surface area contributed by atoms with Crippen LogP contribution in [0.25, 0.3) is 0 Å². The van der Waals surface area contributed by atoms with Gasteiger partial charge in [0.05, 0.1) is 13.2 Å². The zero-order valence-electron chi connectivity index (χ0n) is 10.4. The summed E-state index contributed by atoms with van der Waals surface area (Å²) in [6, 6.07) is 1.43. The Morgan fingerprint density at radius 1 is 1.37 bits per heavy atom. The summed E-state index contributed by atoms with van der Waals surface area (Å²) < 4.78 is 26.4. The van der Waals surface area contributed by atoms with Crippen molar-refractivity contribution in [1.29, 1.82) is 0 Å². The first-order valence-electron chi connectivity index (χ1n) is 5.52. The lowest BCUT2D eigenvalue weighted by atomic mass is 10.4. The van der Waals surface area contributed by atoms with Gasteiger partial charge < -0.3 is 15.5 Å². The summed E-state index contributed by atoms with van der Waals surface area (Å²) in [6.07, 6.45) is 1.48. The van der Waals surface area contributed by atoms with Crippen LogP contribution in [0.2, 0.25) is 0 Å². The molecule has 1 rings (SSSR count). The van der Waals surface area contributed by atoms with E-state index in [2.05, 4.69) is 26.2 Å². The molecule has 1 aromatic heterocycles. The molecule has 0 saturated heterocycles. The number of halogens is 1. The lowest BCUT2D eigenvalue weighted by Crippen LogP contribution is -2.36. The SMILES string of the molecule is CNc1ncc(Br)cc1S(=O)(=O)N(CCO)CCO. The number of aliphatic hydroxyl groups is 2. The van der Waals surface area contributed by atoms with Crippen molar-refractivity contribution in [3.05, 3.63) is 16.7 Å². The van der Waals surface area contributed by atoms with Crippen LogP contribution in [0.4, 0.5) is 5.82 Å². The van der Waals surface area contributed by atoms with Crippen LogP contribution >= 0.6 is 15.9 Å². The molecule has 0 aliphatic heterocycles. The average molecular weight is 354 g/mol. The summed E-state index contributed by atoms with van der Waals surface area (Å²) in [7, 11) is -2.27. The molecule has 0 bridgehead atoms. The molecule has 0 amide bonds. The van der Waals surface area contributed by atoms with Crippen molar-refractivity contribution < 1.29 is 18.6 Å². The number of pyridine rings is 1. The van der Waals surface area contributed by atoms with E-state index in [1.807, 2.05) is 0 Å². The van der Waals surface area contributed by atoms with Crippen LogP contribution in [0.15, 0.2) is 21.6 Å². The predicted octanol–water partition coefficient (Wildman–Crippen LogP) is -0.139. The minimum absolute atomic E-state index is 0.00808. The smallest absolute Gasteiger partial charge is 0.246 e. The Balaban J connectivity index is 3.27. The van der Waals surface area contributed by atoms with Gasteiger partial charge in [-0.3, -0.25) is 0 Å². The van der Waals surface area contributed by atoms with Gasteiger partial charge in [0, 0.05) is 30.8 Å². The lowest BCUT2D eigenvalue weighted by molar-refractivity contribution is 0.217. The maximum absolute atomic E-state index is 12.4. The minimum atomic E-state index is -3.83. The Morgan fingerprint density at radius 3 is 2.42 bits per heavy atom. The Labute approximate surface area is 120 Å². The second-order valence-electron chi connectivity index (χ2n) is 3.60. The van der Waals surface area contributed by atoms with E-state index in [9.17, 15) is 8.42 Å². The topological polar surface area (TPSA) is 103 Å². The third-order valence-corrected chi connectivity index (χ3v) is 4.72. The van der Waals surface area contributed by atoms with Crippen LogP contribution in [0, 0.1) is 0 Å². The van der Waals surface area contributed by atoms with Gasteiger partial charge in [0.2, 0.25) is 10.0 Å². The van der Waals surface area contributed by atoms with Crippen LogP contribution in [0.1, 0.15) is 0 Å². The van der Waals surface area contributed by atoms with E-state index in [0.29, 0.717) is 4.47 Å². The van der Waals surface area contributed by atoms with Gasteiger partial charge in [-0.25, -0.2) is 13.4 Å². The maximum Gasteiger partial charge on any atom is 0.246 e. The molecular weight excluding hydrogens is 338 g/mol. The van der Waals surface area contributed by atoms with Crippen LogP contribution in [-0.4, -0.2) is 61.3 Å². The van der Waals surface area contributed by atoms with Crippen molar-refractivity contribution in [1.82, 2.24) is 9.29 Å². The molecule has 1 aromatic rings. The predicted molar refractivity (Wildman–Crippen MR) is 74.4 cm³/mol. The van der Waals surface area contributed by atoms with E-state index < -0.39 is 10.0 Å². The first-order chi connectivity index (χ1) is 8.97. The summed E-state index contributed by atoms with van der Waals surface area (Å²) >= 11 is 3.17. The van der Waals surface area contributed by atoms with Crippen LogP contribution < -0.4 is 5.32 Å². The summed E-state index contributed by atoms with van der Waals surface area (Å²) in [5.41, 5.74) is 0. The van der Waals surface area contributed by atoms with Gasteiger partial charge in [-0.15, -0.1) is 0 Å². The lowest BCUT2D eigenvalue weighted by Gasteiger charge is -2.21. The molecule has 0 atom stereocenters. The summed E-state index contributed by atoms with van der Waals surface area (Å²) in [5, 5.41) is 20.6. The highest BCUT2D eigenvalue weighted by Gasteiger charge is 2.27. The third-order valence-electron chi connectivity index (χ3n) is 2.37. The van der Waals surface area contributed by atoms with Crippen molar-refractivity contribution in [2.75, 3.05) is 38.7 Å². The van der Waals surface area contributed by atoms with Gasteiger partial charge >= 0.3 is 0 Å². The van der Waals surface area contributed by atoms with E-state index in [1.165, 1.54) is 12.3 Å². The monoisotopic (exact) mass is 353 g/mol. The summed E-state index contributed by atoms with van der Waals surface area (Å²) in [4.78, 5) is 3.97. The van der Waals surface area contributed by atoms with Crippen molar-refractivity contribution in [2.24, 2.45) is 0 Å². The largest absolute Gasteiger partial charge is 0.395 e. The van der Waals surface area contributed by atoms with E-state index in [0.717, 1.165) is 4.31 Å². The number of rotatable bonds is 7. The van der Waals surface area contributed by atoms with E-state index >= 15 is 0 Å². The minimum Gasteiger partial charge on any atom is -0.395 e. The van der Waals surface area contributed by atoms with Crippen LogP contribution in [0.3, 0.4) is 0 Å². The number of aliphatic hydroxyl groups excluding tert-OH is 2. The Hall–Kier alpha value is -0.740. The number of sulfonamides is 1. The van der Waals surface area contributed by atoms with E-state index in [-0.39, 0.29) is 37.0 Å². The molecule has 1 heterocycles. The molecule has 9 heteroatoms. The molecular formula is C10H16BrN3O4S. The van der Waals surface area contributed by atoms with Crippen molar-refractivity contribution in [2.45, 2.75) is 4.90 Å².